The van der Waals surface area contributed by atoms with Crippen molar-refractivity contribution in [2.45, 2.75) is 37.6 Å². The molecule has 0 aromatic carbocycles. The Bertz CT molecular complexity index is 493. The maximum absolute atomic E-state index is 12.2. The van der Waals surface area contributed by atoms with Gasteiger partial charge in [0.1, 0.15) is 11.7 Å². The average Bonchev–Trinajstić information content (AvgIpc) is 2.92. The first-order valence-corrected chi connectivity index (χ1v) is 6.26. The largest absolute Gasteiger partial charge is 0.480 e. The summed E-state index contributed by atoms with van der Waals surface area (Å²) in [5.41, 5.74) is 1.33. The van der Waals surface area contributed by atoms with Crippen molar-refractivity contribution in [3.8, 4) is 0 Å². The van der Waals surface area contributed by atoms with Crippen molar-refractivity contribution < 1.29 is 14.7 Å². The van der Waals surface area contributed by atoms with Gasteiger partial charge < -0.3 is 10.0 Å². The molecule has 2 fully saturated rings. The smallest absolute Gasteiger partial charge is 0.326 e. The molecule has 18 heavy (non-hydrogen) atoms. The van der Waals surface area contributed by atoms with E-state index in [1.807, 2.05) is 0 Å². The van der Waals surface area contributed by atoms with Crippen LogP contribution >= 0.6 is 0 Å². The monoisotopic (exact) mass is 249 g/mol. The molecule has 0 bridgehead atoms. The summed E-state index contributed by atoms with van der Waals surface area (Å²) in [5.74, 6) is -0.699. The van der Waals surface area contributed by atoms with E-state index in [4.69, 9.17) is 5.11 Å². The van der Waals surface area contributed by atoms with Gasteiger partial charge in [-0.1, -0.05) is 0 Å². The second kappa shape index (κ2) is 4.12. The zero-order chi connectivity index (χ0) is 12.7. The Balaban J connectivity index is 1.78. The van der Waals surface area contributed by atoms with Crippen molar-refractivity contribution in [1.29, 1.82) is 0 Å². The lowest BCUT2D eigenvalue weighted by atomic mass is 10.2. The lowest BCUT2D eigenvalue weighted by Gasteiger charge is -2.19. The van der Waals surface area contributed by atoms with Gasteiger partial charge in [-0.2, -0.15) is 5.10 Å². The number of likely N-dealkylation sites (tertiary alicyclic amines) is 1. The number of aromatic amines is 1. The van der Waals surface area contributed by atoms with Crippen LogP contribution in [0.2, 0.25) is 0 Å². The van der Waals surface area contributed by atoms with E-state index in [1.165, 1.54) is 4.90 Å². The fourth-order valence-electron chi connectivity index (χ4n) is 2.46. The summed E-state index contributed by atoms with van der Waals surface area (Å²) in [6, 6.07) is 1.07. The van der Waals surface area contributed by atoms with Gasteiger partial charge in [0.15, 0.2) is 0 Å². The molecule has 1 aromatic heterocycles. The van der Waals surface area contributed by atoms with Crippen molar-refractivity contribution in [1.82, 2.24) is 15.1 Å². The minimum atomic E-state index is -0.932. The van der Waals surface area contributed by atoms with Gasteiger partial charge in [0.2, 0.25) is 0 Å². The minimum Gasteiger partial charge on any atom is -0.480 e. The molecule has 1 atom stereocenters. The van der Waals surface area contributed by atoms with Gasteiger partial charge in [-0.05, 0) is 31.7 Å². The topological polar surface area (TPSA) is 86.3 Å². The van der Waals surface area contributed by atoms with Crippen LogP contribution in [0.25, 0.3) is 0 Å². The number of nitrogens with one attached hydrogen (secondary N) is 1. The molecule has 2 N–H and O–H groups in total. The number of carboxylic acid groups (broad SMARTS) is 1. The highest BCUT2D eigenvalue weighted by Crippen LogP contribution is 2.39. The third kappa shape index (κ3) is 1.87. The van der Waals surface area contributed by atoms with Crippen LogP contribution in [0.5, 0.6) is 0 Å². The van der Waals surface area contributed by atoms with Crippen molar-refractivity contribution in [3.05, 3.63) is 17.5 Å². The zero-order valence-electron chi connectivity index (χ0n) is 9.93. The van der Waals surface area contributed by atoms with Gasteiger partial charge in [-0.15, -0.1) is 0 Å². The van der Waals surface area contributed by atoms with Crippen molar-refractivity contribution in [2.24, 2.45) is 0 Å². The number of carboxylic acids is 1. The SMILES string of the molecule is O=C(O)[C@@H]1CCCN1C(=O)c1cc(C2CC2)[nH]n1. The molecule has 2 heterocycles. The Kier molecular flexibility index (Phi) is 2.57. The van der Waals surface area contributed by atoms with Crippen molar-refractivity contribution in [2.75, 3.05) is 6.54 Å². The number of nitrogens with zero attached hydrogens (tertiary/aromatic N) is 2. The summed E-state index contributed by atoms with van der Waals surface area (Å²) < 4.78 is 0. The number of amides is 1. The molecule has 1 aliphatic heterocycles. The Labute approximate surface area is 104 Å². The summed E-state index contributed by atoms with van der Waals surface area (Å²) in [7, 11) is 0. The van der Waals surface area contributed by atoms with E-state index < -0.39 is 12.0 Å². The predicted molar refractivity (Wildman–Crippen MR) is 62.3 cm³/mol. The predicted octanol–water partition coefficient (Wildman–Crippen LogP) is 0.976. The molecule has 1 saturated carbocycles. The molecule has 1 saturated heterocycles. The molecule has 1 amide bonds. The highest BCUT2D eigenvalue weighted by Gasteiger charge is 2.36. The van der Waals surface area contributed by atoms with Gasteiger partial charge in [0.05, 0.1) is 0 Å². The van der Waals surface area contributed by atoms with E-state index in [2.05, 4.69) is 10.2 Å². The number of rotatable bonds is 3. The lowest BCUT2D eigenvalue weighted by Crippen LogP contribution is -2.40. The third-order valence-electron chi connectivity index (χ3n) is 3.63. The Morgan fingerprint density at radius 1 is 1.39 bits per heavy atom. The van der Waals surface area contributed by atoms with Gasteiger partial charge in [0.25, 0.3) is 5.91 Å². The molecular formula is C12H15N3O3. The van der Waals surface area contributed by atoms with Crippen LogP contribution in [0.1, 0.15) is 47.8 Å². The third-order valence-corrected chi connectivity index (χ3v) is 3.63. The molecule has 0 radical (unpaired) electrons. The minimum absolute atomic E-state index is 0.275. The molecule has 2 aliphatic rings. The average molecular weight is 249 g/mol. The van der Waals surface area contributed by atoms with E-state index in [9.17, 15) is 9.59 Å². The first-order valence-electron chi connectivity index (χ1n) is 6.26. The standard InChI is InChI=1S/C12H15N3O3/c16-11(15-5-1-2-10(15)12(17)18)9-6-8(13-14-9)7-3-4-7/h6-7,10H,1-5H2,(H,13,14)(H,17,18)/t10-/m0/s1. The van der Waals surface area contributed by atoms with Crippen LogP contribution in [0, 0.1) is 0 Å². The molecule has 96 valence electrons. The number of aromatic nitrogens is 2. The maximum Gasteiger partial charge on any atom is 0.326 e. The highest BCUT2D eigenvalue weighted by atomic mass is 16.4. The number of hydrogen-bond donors (Lipinski definition) is 2. The Morgan fingerprint density at radius 2 is 2.17 bits per heavy atom. The molecule has 3 rings (SSSR count). The maximum atomic E-state index is 12.2. The van der Waals surface area contributed by atoms with E-state index >= 15 is 0 Å². The van der Waals surface area contributed by atoms with Gasteiger partial charge in [-0.3, -0.25) is 9.89 Å². The molecule has 6 nitrogen and oxygen atoms in total. The second-order valence-corrected chi connectivity index (χ2v) is 4.98. The van der Waals surface area contributed by atoms with Gasteiger partial charge >= 0.3 is 5.97 Å². The van der Waals surface area contributed by atoms with E-state index in [1.54, 1.807) is 6.07 Å². The summed E-state index contributed by atoms with van der Waals surface area (Å²) in [6.07, 6.45) is 3.54. The summed E-state index contributed by atoms with van der Waals surface area (Å²) in [6.45, 7) is 0.501. The van der Waals surface area contributed by atoms with Crippen LogP contribution in [-0.4, -0.2) is 44.7 Å². The van der Waals surface area contributed by atoms with Gasteiger partial charge in [-0.25, -0.2) is 4.79 Å². The highest BCUT2D eigenvalue weighted by molar-refractivity contribution is 5.95. The Hall–Kier alpha value is -1.85. The number of aliphatic carboxylic acids is 1. The first kappa shape index (κ1) is 11.3. The number of hydrogen-bond acceptors (Lipinski definition) is 3. The summed E-state index contributed by atoms with van der Waals surface area (Å²) >= 11 is 0. The molecular weight excluding hydrogens is 234 g/mol. The van der Waals surface area contributed by atoms with Crippen molar-refractivity contribution >= 4 is 11.9 Å². The van der Waals surface area contributed by atoms with E-state index in [0.717, 1.165) is 25.0 Å². The van der Waals surface area contributed by atoms with E-state index in [0.29, 0.717) is 24.6 Å². The molecule has 1 aromatic rings. The van der Waals surface area contributed by atoms with Crippen molar-refractivity contribution in [3.63, 3.8) is 0 Å². The van der Waals surface area contributed by atoms with Crippen LogP contribution in [0.4, 0.5) is 0 Å². The molecule has 0 spiro atoms. The quantitative estimate of drug-likeness (QED) is 0.836. The lowest BCUT2D eigenvalue weighted by molar-refractivity contribution is -0.141. The van der Waals surface area contributed by atoms with Gasteiger partial charge in [0, 0.05) is 18.2 Å². The number of H-pyrrole nitrogens is 1. The van der Waals surface area contributed by atoms with Crippen LogP contribution in [0.3, 0.4) is 0 Å². The summed E-state index contributed by atoms with van der Waals surface area (Å²) in [4.78, 5) is 24.7. The second-order valence-electron chi connectivity index (χ2n) is 4.98. The zero-order valence-corrected chi connectivity index (χ0v) is 9.93. The fourth-order valence-corrected chi connectivity index (χ4v) is 2.46. The molecule has 1 aliphatic carbocycles. The molecule has 0 unspecified atom stereocenters. The normalized spacial score (nSPS) is 23.3. The van der Waals surface area contributed by atoms with Crippen LogP contribution < -0.4 is 0 Å². The fraction of sp³-hybridized carbons (Fsp3) is 0.583. The summed E-state index contributed by atoms with van der Waals surface area (Å²) in [5, 5.41) is 15.9. The van der Waals surface area contributed by atoms with Crippen LogP contribution in [-0.2, 0) is 4.79 Å². The van der Waals surface area contributed by atoms with E-state index in [-0.39, 0.29) is 5.91 Å². The number of carbonyl (C=O) groups is 2. The Morgan fingerprint density at radius 3 is 2.83 bits per heavy atom. The molecule has 6 heteroatoms. The van der Waals surface area contributed by atoms with Crippen LogP contribution in [0.15, 0.2) is 6.07 Å². The number of carbonyl (C=O) groups excluding carboxylic acids is 1. The first-order chi connectivity index (χ1) is 8.66.